The number of aromatic hydroxyl groups is 1. The van der Waals surface area contributed by atoms with Crippen molar-refractivity contribution in [3.63, 3.8) is 0 Å². The number of hydrogen-bond acceptors (Lipinski definition) is 4. The van der Waals surface area contributed by atoms with Crippen LogP contribution in [0.25, 0.3) is 11.1 Å². The Labute approximate surface area is 87.2 Å². The molecule has 0 spiro atoms. The van der Waals surface area contributed by atoms with Gasteiger partial charge in [0.15, 0.2) is 0 Å². The number of nitrogens with two attached hydrogens (primary N) is 2. The SMILES string of the molecule is Nc1ccc(N)c(-c2cncc(O)c2)c1. The van der Waals surface area contributed by atoms with Gasteiger partial charge in [-0.2, -0.15) is 0 Å². The van der Waals surface area contributed by atoms with E-state index in [1.165, 1.54) is 6.20 Å². The van der Waals surface area contributed by atoms with Crippen LogP contribution in [0.1, 0.15) is 0 Å². The van der Waals surface area contributed by atoms with Crippen LogP contribution in [-0.4, -0.2) is 10.1 Å². The van der Waals surface area contributed by atoms with Crippen molar-refractivity contribution < 1.29 is 5.11 Å². The summed E-state index contributed by atoms with van der Waals surface area (Å²) < 4.78 is 0. The summed E-state index contributed by atoms with van der Waals surface area (Å²) >= 11 is 0. The number of nitrogens with zero attached hydrogens (tertiary/aromatic N) is 1. The highest BCUT2D eigenvalue weighted by Gasteiger charge is 2.04. The van der Waals surface area contributed by atoms with Crippen LogP contribution in [-0.2, 0) is 0 Å². The fraction of sp³-hybridized carbons (Fsp3) is 0. The Morgan fingerprint density at radius 1 is 1.07 bits per heavy atom. The van der Waals surface area contributed by atoms with E-state index in [0.717, 1.165) is 11.1 Å². The van der Waals surface area contributed by atoms with E-state index in [-0.39, 0.29) is 5.75 Å². The van der Waals surface area contributed by atoms with Crippen molar-refractivity contribution in [1.82, 2.24) is 4.98 Å². The zero-order chi connectivity index (χ0) is 10.8. The second kappa shape index (κ2) is 3.49. The second-order valence-corrected chi connectivity index (χ2v) is 3.28. The summed E-state index contributed by atoms with van der Waals surface area (Å²) in [6.07, 6.45) is 3.00. The van der Waals surface area contributed by atoms with Gasteiger partial charge in [-0.1, -0.05) is 0 Å². The number of pyridine rings is 1. The molecule has 0 atom stereocenters. The highest BCUT2D eigenvalue weighted by molar-refractivity contribution is 5.79. The third-order valence-electron chi connectivity index (χ3n) is 2.11. The van der Waals surface area contributed by atoms with Gasteiger partial charge in [0.25, 0.3) is 0 Å². The minimum atomic E-state index is 0.106. The van der Waals surface area contributed by atoms with Crippen LogP contribution in [0.3, 0.4) is 0 Å². The average molecular weight is 201 g/mol. The van der Waals surface area contributed by atoms with Gasteiger partial charge in [0.2, 0.25) is 0 Å². The maximum atomic E-state index is 9.30. The predicted molar refractivity (Wildman–Crippen MR) is 60.2 cm³/mol. The first kappa shape index (κ1) is 9.33. The summed E-state index contributed by atoms with van der Waals surface area (Å²) in [6.45, 7) is 0. The van der Waals surface area contributed by atoms with Gasteiger partial charge in [0.1, 0.15) is 5.75 Å². The van der Waals surface area contributed by atoms with Crippen molar-refractivity contribution in [3.8, 4) is 16.9 Å². The fourth-order valence-corrected chi connectivity index (χ4v) is 1.40. The number of nitrogen functional groups attached to an aromatic ring is 2. The lowest BCUT2D eigenvalue weighted by atomic mass is 10.1. The molecular formula is C11H11N3O. The topological polar surface area (TPSA) is 85.2 Å². The highest BCUT2D eigenvalue weighted by Crippen LogP contribution is 2.28. The highest BCUT2D eigenvalue weighted by atomic mass is 16.3. The molecule has 5 N–H and O–H groups in total. The Kier molecular flexibility index (Phi) is 2.17. The van der Waals surface area contributed by atoms with E-state index in [0.29, 0.717) is 11.4 Å². The lowest BCUT2D eigenvalue weighted by molar-refractivity contribution is 0.473. The molecule has 1 heterocycles. The maximum absolute atomic E-state index is 9.30. The number of rotatable bonds is 1. The van der Waals surface area contributed by atoms with E-state index in [1.807, 2.05) is 0 Å². The molecule has 4 nitrogen and oxygen atoms in total. The van der Waals surface area contributed by atoms with Gasteiger partial charge < -0.3 is 16.6 Å². The number of benzene rings is 1. The number of anilines is 2. The first-order valence-electron chi connectivity index (χ1n) is 4.46. The van der Waals surface area contributed by atoms with E-state index in [9.17, 15) is 5.11 Å². The Hall–Kier alpha value is -2.23. The Balaban J connectivity index is 2.58. The van der Waals surface area contributed by atoms with Crippen LogP contribution in [0.15, 0.2) is 36.7 Å². The molecule has 2 aromatic rings. The van der Waals surface area contributed by atoms with E-state index >= 15 is 0 Å². The normalized spacial score (nSPS) is 10.1. The average Bonchev–Trinajstić information content (AvgIpc) is 2.22. The first-order valence-corrected chi connectivity index (χ1v) is 4.46. The minimum Gasteiger partial charge on any atom is -0.506 e. The van der Waals surface area contributed by atoms with Gasteiger partial charge in [-0.3, -0.25) is 4.98 Å². The van der Waals surface area contributed by atoms with Crippen molar-refractivity contribution in [3.05, 3.63) is 36.7 Å². The summed E-state index contributed by atoms with van der Waals surface area (Å²) in [5.74, 6) is 0.106. The largest absolute Gasteiger partial charge is 0.506 e. The lowest BCUT2D eigenvalue weighted by Gasteiger charge is -2.06. The lowest BCUT2D eigenvalue weighted by Crippen LogP contribution is -1.93. The third-order valence-corrected chi connectivity index (χ3v) is 2.11. The number of aromatic nitrogens is 1. The predicted octanol–water partition coefficient (Wildman–Crippen LogP) is 1.62. The van der Waals surface area contributed by atoms with E-state index in [4.69, 9.17) is 11.5 Å². The van der Waals surface area contributed by atoms with Gasteiger partial charge in [-0.05, 0) is 24.3 Å². The Morgan fingerprint density at radius 3 is 2.60 bits per heavy atom. The second-order valence-electron chi connectivity index (χ2n) is 3.28. The molecule has 0 unspecified atom stereocenters. The van der Waals surface area contributed by atoms with Gasteiger partial charge in [0.05, 0.1) is 6.20 Å². The van der Waals surface area contributed by atoms with Crippen LogP contribution in [0.4, 0.5) is 11.4 Å². The molecule has 0 aliphatic carbocycles. The van der Waals surface area contributed by atoms with Crippen LogP contribution < -0.4 is 11.5 Å². The fourth-order valence-electron chi connectivity index (χ4n) is 1.40. The van der Waals surface area contributed by atoms with Crippen molar-refractivity contribution in [2.45, 2.75) is 0 Å². The van der Waals surface area contributed by atoms with Crippen molar-refractivity contribution in [2.24, 2.45) is 0 Å². The van der Waals surface area contributed by atoms with E-state index < -0.39 is 0 Å². The molecule has 1 aromatic heterocycles. The molecule has 0 radical (unpaired) electrons. The Morgan fingerprint density at radius 2 is 1.87 bits per heavy atom. The standard InChI is InChI=1S/C11H11N3O/c12-8-1-2-11(13)10(4-8)7-3-9(15)6-14-5-7/h1-6,15H,12-13H2. The summed E-state index contributed by atoms with van der Waals surface area (Å²) in [4.78, 5) is 3.88. The van der Waals surface area contributed by atoms with Gasteiger partial charge >= 0.3 is 0 Å². The maximum Gasteiger partial charge on any atom is 0.134 e. The molecule has 0 aliphatic heterocycles. The third kappa shape index (κ3) is 1.83. The molecule has 1 aromatic carbocycles. The van der Waals surface area contributed by atoms with Crippen molar-refractivity contribution >= 4 is 11.4 Å². The first-order chi connectivity index (χ1) is 7.16. The molecular weight excluding hydrogens is 190 g/mol. The molecule has 0 bridgehead atoms. The smallest absolute Gasteiger partial charge is 0.134 e. The quantitative estimate of drug-likeness (QED) is 0.612. The van der Waals surface area contributed by atoms with E-state index in [1.54, 1.807) is 30.5 Å². The van der Waals surface area contributed by atoms with Gasteiger partial charge in [-0.15, -0.1) is 0 Å². The zero-order valence-electron chi connectivity index (χ0n) is 8.01. The van der Waals surface area contributed by atoms with Crippen molar-refractivity contribution in [2.75, 3.05) is 11.5 Å². The summed E-state index contributed by atoms with van der Waals surface area (Å²) in [5, 5.41) is 9.30. The molecule has 15 heavy (non-hydrogen) atoms. The molecule has 4 heteroatoms. The minimum absolute atomic E-state index is 0.106. The van der Waals surface area contributed by atoms with Crippen LogP contribution >= 0.6 is 0 Å². The molecule has 2 rings (SSSR count). The molecule has 0 aliphatic rings. The van der Waals surface area contributed by atoms with E-state index in [2.05, 4.69) is 4.98 Å². The monoisotopic (exact) mass is 201 g/mol. The van der Waals surface area contributed by atoms with Crippen LogP contribution in [0.5, 0.6) is 5.75 Å². The molecule has 76 valence electrons. The number of hydrogen-bond donors (Lipinski definition) is 3. The molecule has 0 saturated heterocycles. The van der Waals surface area contributed by atoms with Crippen LogP contribution in [0, 0.1) is 0 Å². The summed E-state index contributed by atoms with van der Waals surface area (Å²) in [7, 11) is 0. The zero-order valence-corrected chi connectivity index (χ0v) is 8.01. The summed E-state index contributed by atoms with van der Waals surface area (Å²) in [6, 6.07) is 6.81. The molecule has 0 amide bonds. The van der Waals surface area contributed by atoms with Gasteiger partial charge in [0, 0.05) is 28.7 Å². The molecule has 0 fully saturated rings. The summed E-state index contributed by atoms with van der Waals surface area (Å²) in [5.41, 5.74) is 14.2. The van der Waals surface area contributed by atoms with Gasteiger partial charge in [-0.25, -0.2) is 0 Å². The van der Waals surface area contributed by atoms with Crippen LogP contribution in [0.2, 0.25) is 0 Å². The van der Waals surface area contributed by atoms with Crippen molar-refractivity contribution in [1.29, 1.82) is 0 Å². The Bertz CT molecular complexity index is 497. The molecule has 0 saturated carbocycles.